The van der Waals surface area contributed by atoms with E-state index in [-0.39, 0.29) is 19.4 Å². The van der Waals surface area contributed by atoms with E-state index in [2.05, 4.69) is 38.2 Å². The number of rotatable bonds is 43. The average molecular weight is 817 g/mol. The average Bonchev–Trinajstić information content (AvgIpc) is 3.19. The molecule has 0 fully saturated rings. The van der Waals surface area contributed by atoms with Crippen LogP contribution >= 0.6 is 7.82 Å². The normalized spacial score (nSPS) is 14.0. The molecule has 0 heterocycles. The number of aliphatic hydroxyl groups excluding tert-OH is 2. The molecule has 11 heteroatoms. The smallest absolute Gasteiger partial charge is 0.462 e. The van der Waals surface area contributed by atoms with Crippen LogP contribution in [0.15, 0.2) is 24.3 Å². The molecular formula is C45H85O10P. The fraction of sp³-hybridized carbons (Fsp3) is 0.867. The van der Waals surface area contributed by atoms with Crippen LogP contribution in [0.3, 0.4) is 0 Å². The van der Waals surface area contributed by atoms with Gasteiger partial charge in [-0.3, -0.25) is 18.6 Å². The molecule has 0 aromatic carbocycles. The Bertz CT molecular complexity index is 988. The van der Waals surface area contributed by atoms with Crippen LogP contribution in [0.5, 0.6) is 0 Å². The zero-order valence-corrected chi connectivity index (χ0v) is 36.8. The molecule has 0 spiro atoms. The van der Waals surface area contributed by atoms with E-state index >= 15 is 0 Å². The molecule has 3 unspecified atom stereocenters. The molecule has 0 bridgehead atoms. The Morgan fingerprint density at radius 3 is 1.32 bits per heavy atom. The second-order valence-corrected chi connectivity index (χ2v) is 16.9. The lowest BCUT2D eigenvalue weighted by Gasteiger charge is -2.20. The zero-order valence-electron chi connectivity index (χ0n) is 35.9. The lowest BCUT2D eigenvalue weighted by atomic mass is 10.1. The minimum Gasteiger partial charge on any atom is -0.462 e. The number of carbonyl (C=O) groups is 2. The first-order chi connectivity index (χ1) is 27.2. The van der Waals surface area contributed by atoms with Crippen LogP contribution in [0.2, 0.25) is 0 Å². The molecule has 0 saturated carbocycles. The molecule has 0 aliphatic rings. The Hall–Kier alpha value is -1.55. The number of phosphoric ester groups is 1. The maximum atomic E-state index is 12.6. The molecule has 10 nitrogen and oxygen atoms in total. The molecule has 0 aromatic rings. The van der Waals surface area contributed by atoms with Crippen LogP contribution in [0.1, 0.15) is 213 Å². The van der Waals surface area contributed by atoms with Gasteiger partial charge in [-0.15, -0.1) is 0 Å². The molecule has 0 aliphatic carbocycles. The first-order valence-corrected chi connectivity index (χ1v) is 24.3. The number of unbranched alkanes of at least 4 members (excludes halogenated alkanes) is 25. The summed E-state index contributed by atoms with van der Waals surface area (Å²) in [5.74, 6) is -0.932. The van der Waals surface area contributed by atoms with Gasteiger partial charge in [-0.2, -0.15) is 0 Å². The number of phosphoric acid groups is 1. The quantitative estimate of drug-likeness (QED) is 0.0235. The number of carbonyl (C=O) groups excluding carboxylic acids is 2. The van der Waals surface area contributed by atoms with Crippen molar-refractivity contribution in [2.75, 3.05) is 26.4 Å². The number of aliphatic hydroxyl groups is 2. The number of esters is 2. The van der Waals surface area contributed by atoms with Gasteiger partial charge in [0, 0.05) is 12.8 Å². The number of hydrogen-bond donors (Lipinski definition) is 3. The maximum Gasteiger partial charge on any atom is 0.472 e. The topological polar surface area (TPSA) is 149 Å². The first kappa shape index (κ1) is 54.5. The van der Waals surface area contributed by atoms with E-state index < -0.39 is 51.8 Å². The summed E-state index contributed by atoms with van der Waals surface area (Å²) < 4.78 is 32.7. The van der Waals surface area contributed by atoms with Crippen molar-refractivity contribution in [2.24, 2.45) is 0 Å². The molecule has 330 valence electrons. The van der Waals surface area contributed by atoms with Crippen LogP contribution in [0.25, 0.3) is 0 Å². The van der Waals surface area contributed by atoms with Gasteiger partial charge >= 0.3 is 19.8 Å². The van der Waals surface area contributed by atoms with Crippen LogP contribution in [0, 0.1) is 0 Å². The van der Waals surface area contributed by atoms with Crippen molar-refractivity contribution in [3.8, 4) is 0 Å². The minimum absolute atomic E-state index is 0.182. The molecule has 0 saturated heterocycles. The maximum absolute atomic E-state index is 12.6. The van der Waals surface area contributed by atoms with E-state index in [9.17, 15) is 24.2 Å². The van der Waals surface area contributed by atoms with Gasteiger partial charge in [0.15, 0.2) is 6.10 Å². The van der Waals surface area contributed by atoms with Crippen molar-refractivity contribution >= 4 is 19.8 Å². The standard InChI is InChI=1S/C45H85O10P/c1-3-5-7-9-11-13-15-17-18-19-20-21-22-23-24-25-27-29-31-33-35-37-45(49)55-43(41-54-56(50,51)53-39-42(47)38-46)40-52-44(48)36-34-32-30-28-26-16-14-12-10-8-6-4-2/h12,14,19-20,42-43,46-47H,3-11,13,15-18,21-41H2,1-2H3,(H,50,51)/b14-12-,20-19-. The van der Waals surface area contributed by atoms with Crippen molar-refractivity contribution in [1.82, 2.24) is 0 Å². The van der Waals surface area contributed by atoms with Gasteiger partial charge in [-0.25, -0.2) is 4.57 Å². The summed E-state index contributed by atoms with van der Waals surface area (Å²) in [5, 5.41) is 18.3. The Labute approximate surface area is 342 Å². The van der Waals surface area contributed by atoms with E-state index in [0.29, 0.717) is 12.8 Å². The number of allylic oxidation sites excluding steroid dienone is 4. The van der Waals surface area contributed by atoms with Gasteiger partial charge in [0.2, 0.25) is 0 Å². The van der Waals surface area contributed by atoms with E-state index in [1.165, 1.54) is 116 Å². The lowest BCUT2D eigenvalue weighted by molar-refractivity contribution is -0.161. The molecule has 0 amide bonds. The summed E-state index contributed by atoms with van der Waals surface area (Å²) in [6.07, 6.45) is 41.5. The highest BCUT2D eigenvalue weighted by Crippen LogP contribution is 2.43. The third kappa shape index (κ3) is 40.6. The van der Waals surface area contributed by atoms with Gasteiger partial charge in [0.25, 0.3) is 0 Å². The highest BCUT2D eigenvalue weighted by Gasteiger charge is 2.27. The lowest BCUT2D eigenvalue weighted by Crippen LogP contribution is -2.29. The molecular weight excluding hydrogens is 731 g/mol. The Morgan fingerprint density at radius 2 is 0.875 bits per heavy atom. The number of hydrogen-bond acceptors (Lipinski definition) is 9. The number of ether oxygens (including phenoxy) is 2. The van der Waals surface area contributed by atoms with Crippen molar-refractivity contribution < 1.29 is 47.8 Å². The second-order valence-electron chi connectivity index (χ2n) is 15.4. The Balaban J connectivity index is 4.21. The predicted molar refractivity (Wildman–Crippen MR) is 228 cm³/mol. The molecule has 0 aromatic heterocycles. The summed E-state index contributed by atoms with van der Waals surface area (Å²) in [7, 11) is -4.62. The molecule has 56 heavy (non-hydrogen) atoms. The Morgan fingerprint density at radius 1 is 0.518 bits per heavy atom. The van der Waals surface area contributed by atoms with Crippen LogP contribution in [-0.4, -0.2) is 65.7 Å². The summed E-state index contributed by atoms with van der Waals surface area (Å²) in [5.41, 5.74) is 0. The van der Waals surface area contributed by atoms with Gasteiger partial charge in [-0.1, -0.05) is 160 Å². The largest absolute Gasteiger partial charge is 0.472 e. The predicted octanol–water partition coefficient (Wildman–Crippen LogP) is 12.2. The van der Waals surface area contributed by atoms with E-state index in [4.69, 9.17) is 23.6 Å². The summed E-state index contributed by atoms with van der Waals surface area (Å²) in [6.45, 7) is 2.36. The van der Waals surface area contributed by atoms with Crippen molar-refractivity contribution in [3.63, 3.8) is 0 Å². The van der Waals surface area contributed by atoms with Gasteiger partial charge in [-0.05, 0) is 64.2 Å². The van der Waals surface area contributed by atoms with Gasteiger partial charge < -0.3 is 24.6 Å². The molecule has 0 aliphatic heterocycles. The van der Waals surface area contributed by atoms with Crippen molar-refractivity contribution in [1.29, 1.82) is 0 Å². The third-order valence-electron chi connectivity index (χ3n) is 9.83. The molecule has 3 N–H and O–H groups in total. The molecule has 0 radical (unpaired) electrons. The van der Waals surface area contributed by atoms with Crippen molar-refractivity contribution in [3.05, 3.63) is 24.3 Å². The van der Waals surface area contributed by atoms with Gasteiger partial charge in [0.05, 0.1) is 19.8 Å². The second kappa shape index (κ2) is 41.6. The van der Waals surface area contributed by atoms with Crippen LogP contribution in [-0.2, 0) is 32.7 Å². The van der Waals surface area contributed by atoms with E-state index in [1.54, 1.807) is 0 Å². The highest BCUT2D eigenvalue weighted by molar-refractivity contribution is 7.47. The van der Waals surface area contributed by atoms with E-state index in [1.807, 2.05) is 0 Å². The molecule has 0 rings (SSSR count). The monoisotopic (exact) mass is 817 g/mol. The minimum atomic E-state index is -4.62. The van der Waals surface area contributed by atoms with Crippen molar-refractivity contribution in [2.45, 2.75) is 225 Å². The summed E-state index contributed by atoms with van der Waals surface area (Å²) >= 11 is 0. The third-order valence-corrected chi connectivity index (χ3v) is 10.8. The summed E-state index contributed by atoms with van der Waals surface area (Å²) in [6, 6.07) is 0. The molecule has 3 atom stereocenters. The fourth-order valence-corrected chi connectivity index (χ4v) is 7.07. The van der Waals surface area contributed by atoms with E-state index in [0.717, 1.165) is 57.8 Å². The zero-order chi connectivity index (χ0) is 41.2. The summed E-state index contributed by atoms with van der Waals surface area (Å²) in [4.78, 5) is 35.0. The SMILES string of the molecule is CCCCC/C=C\CCCCCCCC(=O)OCC(COP(=O)(O)OCC(O)CO)OC(=O)CCCCCCCCCCC/C=C\CCCCCCCCCC. The van der Waals surface area contributed by atoms with Crippen LogP contribution in [0.4, 0.5) is 0 Å². The fourth-order valence-electron chi connectivity index (χ4n) is 6.28. The van der Waals surface area contributed by atoms with Gasteiger partial charge in [0.1, 0.15) is 12.7 Å². The van der Waals surface area contributed by atoms with Crippen LogP contribution < -0.4 is 0 Å². The Kier molecular flexibility index (Phi) is 40.5. The first-order valence-electron chi connectivity index (χ1n) is 22.8. The highest BCUT2D eigenvalue weighted by atomic mass is 31.2.